The zero-order chi connectivity index (χ0) is 23.3. The van der Waals surface area contributed by atoms with Gasteiger partial charge in [0.1, 0.15) is 12.4 Å². The molecule has 2 heterocycles. The fourth-order valence-electron chi connectivity index (χ4n) is 5.77. The Bertz CT molecular complexity index is 968. The van der Waals surface area contributed by atoms with Gasteiger partial charge in [0.15, 0.2) is 0 Å². The third-order valence-electron chi connectivity index (χ3n) is 7.77. The molecule has 34 heavy (non-hydrogen) atoms. The first-order valence-corrected chi connectivity index (χ1v) is 13.2. The van der Waals surface area contributed by atoms with Crippen LogP contribution in [0.3, 0.4) is 0 Å². The number of carbonyl (C=O) groups is 1. The Morgan fingerprint density at radius 3 is 2.76 bits per heavy atom. The van der Waals surface area contributed by atoms with E-state index in [1.54, 1.807) is 0 Å². The van der Waals surface area contributed by atoms with E-state index in [1.807, 2.05) is 24.3 Å². The number of rotatable bonds is 8. The normalized spacial score (nSPS) is 24.7. The molecule has 5 rings (SSSR count). The van der Waals surface area contributed by atoms with Crippen molar-refractivity contribution < 1.29 is 14.3 Å². The first-order valence-electron chi connectivity index (χ1n) is 13.2. The molecule has 3 aliphatic rings. The summed E-state index contributed by atoms with van der Waals surface area (Å²) in [7, 11) is 0. The van der Waals surface area contributed by atoms with Gasteiger partial charge in [0.25, 0.3) is 5.91 Å². The Labute approximate surface area is 203 Å². The van der Waals surface area contributed by atoms with Crippen molar-refractivity contribution in [3.63, 3.8) is 0 Å². The molecular formula is C29H38N2O3. The summed E-state index contributed by atoms with van der Waals surface area (Å²) in [6, 6.07) is 15.4. The minimum atomic E-state index is -0.00427. The highest BCUT2D eigenvalue weighted by Crippen LogP contribution is 2.26. The maximum Gasteiger partial charge on any atom is 0.251 e. The van der Waals surface area contributed by atoms with E-state index in [-0.39, 0.29) is 18.1 Å². The van der Waals surface area contributed by atoms with Gasteiger partial charge in [0.2, 0.25) is 0 Å². The first-order chi connectivity index (χ1) is 16.7. The minimum Gasteiger partial charge on any atom is -0.491 e. The Kier molecular flexibility index (Phi) is 7.51. The lowest BCUT2D eigenvalue weighted by Crippen LogP contribution is -2.38. The quantitative estimate of drug-likeness (QED) is 0.606. The molecule has 3 atom stereocenters. The van der Waals surface area contributed by atoms with Gasteiger partial charge in [-0.3, -0.25) is 9.69 Å². The van der Waals surface area contributed by atoms with Crippen molar-refractivity contribution in [1.29, 1.82) is 0 Å². The summed E-state index contributed by atoms with van der Waals surface area (Å²) in [5, 5.41) is 3.25. The average molecular weight is 463 g/mol. The number of carbonyl (C=O) groups excluding carboxylic acids is 1. The number of nitrogens with zero attached hydrogens (tertiary/aromatic N) is 1. The van der Waals surface area contributed by atoms with Crippen LogP contribution in [0.25, 0.3) is 0 Å². The molecule has 0 radical (unpaired) electrons. The summed E-state index contributed by atoms with van der Waals surface area (Å²) >= 11 is 0. The molecule has 0 bridgehead atoms. The van der Waals surface area contributed by atoms with Crippen molar-refractivity contribution in [2.45, 2.75) is 83.0 Å². The van der Waals surface area contributed by atoms with Crippen molar-refractivity contribution in [3.8, 4) is 5.75 Å². The molecule has 2 fully saturated rings. The molecule has 0 spiro atoms. The van der Waals surface area contributed by atoms with Crippen LogP contribution in [0, 0.1) is 0 Å². The molecular weight excluding hydrogens is 424 g/mol. The van der Waals surface area contributed by atoms with E-state index in [9.17, 15) is 4.79 Å². The number of benzene rings is 2. The van der Waals surface area contributed by atoms with Crippen LogP contribution < -0.4 is 10.1 Å². The van der Waals surface area contributed by atoms with Gasteiger partial charge in [0, 0.05) is 30.8 Å². The number of ether oxygens (including phenoxy) is 2. The summed E-state index contributed by atoms with van der Waals surface area (Å²) in [5.41, 5.74) is 4.96. The van der Waals surface area contributed by atoms with Gasteiger partial charge in [-0.1, -0.05) is 25.1 Å². The molecule has 1 amide bonds. The predicted octanol–water partition coefficient (Wildman–Crippen LogP) is 4.91. The second-order valence-corrected chi connectivity index (χ2v) is 10.2. The van der Waals surface area contributed by atoms with E-state index in [4.69, 9.17) is 9.47 Å². The van der Waals surface area contributed by atoms with Gasteiger partial charge in [0.05, 0.1) is 6.10 Å². The van der Waals surface area contributed by atoms with Crippen LogP contribution in [0.5, 0.6) is 5.75 Å². The Morgan fingerprint density at radius 1 is 1.09 bits per heavy atom. The number of fused-ring (bicyclic) bond motifs is 1. The fourth-order valence-corrected chi connectivity index (χ4v) is 5.77. The topological polar surface area (TPSA) is 50.8 Å². The molecule has 2 aromatic rings. The van der Waals surface area contributed by atoms with Crippen molar-refractivity contribution in [3.05, 3.63) is 64.7 Å². The van der Waals surface area contributed by atoms with Crippen LogP contribution >= 0.6 is 0 Å². The molecule has 0 aromatic heterocycles. The maximum absolute atomic E-state index is 12.8. The summed E-state index contributed by atoms with van der Waals surface area (Å²) in [6.07, 6.45) is 9.21. The van der Waals surface area contributed by atoms with Crippen LogP contribution in [-0.4, -0.2) is 48.8 Å². The van der Waals surface area contributed by atoms with Crippen molar-refractivity contribution >= 4 is 5.91 Å². The van der Waals surface area contributed by atoms with Gasteiger partial charge >= 0.3 is 0 Å². The van der Waals surface area contributed by atoms with E-state index >= 15 is 0 Å². The van der Waals surface area contributed by atoms with Gasteiger partial charge in [-0.15, -0.1) is 0 Å². The molecule has 1 N–H and O–H groups in total. The molecule has 2 aromatic carbocycles. The van der Waals surface area contributed by atoms with Crippen LogP contribution in [-0.2, 0) is 24.1 Å². The van der Waals surface area contributed by atoms with Gasteiger partial charge in [-0.05, 0) is 98.9 Å². The summed E-state index contributed by atoms with van der Waals surface area (Å²) in [6.45, 7) is 6.01. The largest absolute Gasteiger partial charge is 0.491 e. The Morgan fingerprint density at radius 2 is 1.97 bits per heavy atom. The molecule has 5 heteroatoms. The highest BCUT2D eigenvalue weighted by molar-refractivity contribution is 5.94. The van der Waals surface area contributed by atoms with Crippen LogP contribution in [0.15, 0.2) is 42.5 Å². The van der Waals surface area contributed by atoms with Gasteiger partial charge in [-0.2, -0.15) is 0 Å². The zero-order valence-corrected chi connectivity index (χ0v) is 20.4. The van der Waals surface area contributed by atoms with E-state index in [2.05, 4.69) is 35.3 Å². The predicted molar refractivity (Wildman–Crippen MR) is 134 cm³/mol. The number of hydrogen-bond acceptors (Lipinski definition) is 4. The fraction of sp³-hybridized carbons (Fsp3) is 0.552. The standard InChI is InChI=1S/C29H38N2O3/c1-2-26-5-3-15-31(26)19-21-7-8-24-18-25(12-9-23(24)17-21)30-29(32)22-10-13-27(14-11-22)34-20-28-6-4-16-33-28/h7-8,10-11,13-14,17,25-26,28H,2-6,9,12,15-16,18-20H2,1H3,(H,30,32)/t25-,26?,28-/m0/s1. The zero-order valence-electron chi connectivity index (χ0n) is 20.4. The Hall–Kier alpha value is -2.37. The SMILES string of the molecule is CCC1CCCN1Cc1ccc2c(c1)CC[C@H](NC(=O)c1ccc(OC[C@@H]3CCCO3)cc1)C2. The number of likely N-dealkylation sites (tertiary alicyclic amines) is 1. The molecule has 1 unspecified atom stereocenters. The summed E-state index contributed by atoms with van der Waals surface area (Å²) in [4.78, 5) is 15.5. The highest BCUT2D eigenvalue weighted by atomic mass is 16.5. The number of hydrogen-bond donors (Lipinski definition) is 1. The lowest BCUT2D eigenvalue weighted by Gasteiger charge is -2.27. The Balaban J connectivity index is 1.12. The minimum absolute atomic E-state index is 0.00427. The monoisotopic (exact) mass is 462 g/mol. The van der Waals surface area contributed by atoms with Gasteiger partial charge in [-0.25, -0.2) is 0 Å². The second-order valence-electron chi connectivity index (χ2n) is 10.2. The van der Waals surface area contributed by atoms with E-state index in [0.717, 1.165) is 57.0 Å². The molecule has 0 saturated carbocycles. The van der Waals surface area contributed by atoms with Crippen molar-refractivity contribution in [1.82, 2.24) is 10.2 Å². The van der Waals surface area contributed by atoms with Crippen LogP contribution in [0.4, 0.5) is 0 Å². The molecule has 1 aliphatic carbocycles. The molecule has 182 valence electrons. The first kappa shape index (κ1) is 23.4. The molecule has 2 saturated heterocycles. The van der Waals surface area contributed by atoms with Crippen LogP contribution in [0.1, 0.15) is 72.5 Å². The van der Waals surface area contributed by atoms with E-state index < -0.39 is 0 Å². The molecule has 5 nitrogen and oxygen atoms in total. The van der Waals surface area contributed by atoms with Crippen molar-refractivity contribution in [2.24, 2.45) is 0 Å². The average Bonchev–Trinajstić information content (AvgIpc) is 3.55. The maximum atomic E-state index is 12.8. The third kappa shape index (κ3) is 5.64. The number of nitrogens with one attached hydrogen (secondary N) is 1. The smallest absolute Gasteiger partial charge is 0.251 e. The number of amides is 1. The second kappa shape index (κ2) is 10.9. The lowest BCUT2D eigenvalue weighted by molar-refractivity contribution is 0.0679. The lowest BCUT2D eigenvalue weighted by atomic mass is 9.87. The van der Waals surface area contributed by atoms with E-state index in [1.165, 1.54) is 42.5 Å². The van der Waals surface area contributed by atoms with Gasteiger partial charge < -0.3 is 14.8 Å². The number of aryl methyl sites for hydroxylation is 1. The summed E-state index contributed by atoms with van der Waals surface area (Å²) < 4.78 is 11.4. The molecule has 2 aliphatic heterocycles. The van der Waals surface area contributed by atoms with E-state index in [0.29, 0.717) is 12.2 Å². The van der Waals surface area contributed by atoms with Crippen LogP contribution in [0.2, 0.25) is 0 Å². The van der Waals surface area contributed by atoms with Crippen molar-refractivity contribution in [2.75, 3.05) is 19.8 Å². The third-order valence-corrected chi connectivity index (χ3v) is 7.77. The summed E-state index contributed by atoms with van der Waals surface area (Å²) in [5.74, 6) is 0.782. The highest BCUT2D eigenvalue weighted by Gasteiger charge is 2.24.